The molecule has 2 aromatic rings. The molecular formula is C15H13ClN3O3S-. The van der Waals surface area contributed by atoms with Crippen molar-refractivity contribution in [1.29, 1.82) is 0 Å². The molecule has 0 radical (unpaired) electrons. The first-order chi connectivity index (χ1) is 10.9. The Morgan fingerprint density at radius 3 is 2.70 bits per heavy atom. The second kappa shape index (κ2) is 7.26. The number of rotatable bonds is 4. The van der Waals surface area contributed by atoms with Crippen LogP contribution in [0.25, 0.3) is 0 Å². The van der Waals surface area contributed by atoms with Crippen LogP contribution in [0.2, 0.25) is 5.02 Å². The Morgan fingerprint density at radius 2 is 2.04 bits per heavy atom. The number of nitrogens with zero attached hydrogens (tertiary/aromatic N) is 1. The lowest BCUT2D eigenvalue weighted by Crippen LogP contribution is -2.28. The summed E-state index contributed by atoms with van der Waals surface area (Å²) >= 11 is 11.2. The van der Waals surface area contributed by atoms with Gasteiger partial charge in [-0.2, -0.15) is 0 Å². The zero-order chi connectivity index (χ0) is 17.0. The number of nitro groups is 1. The second-order valence-corrected chi connectivity index (χ2v) is 5.64. The third-order valence-corrected chi connectivity index (χ3v) is 3.78. The lowest BCUT2D eigenvalue weighted by Gasteiger charge is -2.15. The molecule has 23 heavy (non-hydrogen) atoms. The highest BCUT2D eigenvalue weighted by molar-refractivity contribution is 7.80. The Balaban J connectivity index is 2.00. The van der Waals surface area contributed by atoms with Crippen LogP contribution >= 0.6 is 23.8 Å². The summed E-state index contributed by atoms with van der Waals surface area (Å²) in [6.07, 6.45) is 0. The topological polar surface area (TPSA) is 90.3 Å². The Morgan fingerprint density at radius 1 is 1.30 bits per heavy atom. The van der Waals surface area contributed by atoms with Crippen LogP contribution in [0, 0.1) is 17.0 Å². The van der Waals surface area contributed by atoms with Gasteiger partial charge in [-0.1, -0.05) is 23.7 Å². The van der Waals surface area contributed by atoms with Crippen LogP contribution in [0.5, 0.6) is 5.75 Å². The van der Waals surface area contributed by atoms with E-state index >= 15 is 0 Å². The summed E-state index contributed by atoms with van der Waals surface area (Å²) in [7, 11) is 0. The van der Waals surface area contributed by atoms with Gasteiger partial charge in [-0.3, -0.25) is 10.1 Å². The quantitative estimate of drug-likeness (QED) is 0.500. The number of hydrogen-bond donors (Lipinski definition) is 2. The molecule has 0 saturated carbocycles. The summed E-state index contributed by atoms with van der Waals surface area (Å²) < 4.78 is 0. The van der Waals surface area contributed by atoms with Crippen molar-refractivity contribution in [3.8, 4) is 5.75 Å². The van der Waals surface area contributed by atoms with E-state index in [1.165, 1.54) is 18.2 Å². The van der Waals surface area contributed by atoms with Gasteiger partial charge >= 0.3 is 0 Å². The van der Waals surface area contributed by atoms with E-state index in [1.54, 1.807) is 6.07 Å². The number of anilines is 1. The molecule has 0 aliphatic heterocycles. The average molecular weight is 351 g/mol. The Bertz CT molecular complexity index is 768. The van der Waals surface area contributed by atoms with Crippen molar-refractivity contribution in [1.82, 2.24) is 5.32 Å². The minimum Gasteiger partial charge on any atom is -0.872 e. The van der Waals surface area contributed by atoms with E-state index in [0.717, 1.165) is 5.56 Å². The molecule has 0 atom stereocenters. The maximum absolute atomic E-state index is 11.7. The van der Waals surface area contributed by atoms with Crippen molar-refractivity contribution in [3.05, 3.63) is 62.7 Å². The molecule has 0 aromatic heterocycles. The van der Waals surface area contributed by atoms with Crippen molar-refractivity contribution in [3.63, 3.8) is 0 Å². The highest BCUT2D eigenvalue weighted by Crippen LogP contribution is 2.21. The predicted molar refractivity (Wildman–Crippen MR) is 91.8 cm³/mol. The maximum Gasteiger partial charge on any atom is 0.269 e. The summed E-state index contributed by atoms with van der Waals surface area (Å²) in [6.45, 7) is 1.98. The lowest BCUT2D eigenvalue weighted by molar-refractivity contribution is -0.385. The summed E-state index contributed by atoms with van der Waals surface area (Å²) in [5.74, 6) is -0.288. The highest BCUT2D eigenvalue weighted by atomic mass is 35.5. The molecule has 120 valence electrons. The van der Waals surface area contributed by atoms with Crippen LogP contribution in [0.4, 0.5) is 11.4 Å². The van der Waals surface area contributed by atoms with E-state index in [-0.39, 0.29) is 28.7 Å². The first kappa shape index (κ1) is 17.0. The summed E-state index contributed by atoms with van der Waals surface area (Å²) in [4.78, 5) is 10.2. The van der Waals surface area contributed by atoms with Gasteiger partial charge in [0.25, 0.3) is 5.69 Å². The fourth-order valence-electron chi connectivity index (χ4n) is 1.84. The standard InChI is InChI=1S/C15H14ClN3O3S/c1-9-2-3-11(7-13(9)16)18-15(23)17-8-10-6-12(19(21)22)4-5-14(10)20/h2-7,20H,8H2,1H3,(H2,17,18,23)/p-1. The summed E-state index contributed by atoms with van der Waals surface area (Å²) in [5, 5.41) is 29.1. The lowest BCUT2D eigenvalue weighted by atomic mass is 10.2. The van der Waals surface area contributed by atoms with Gasteiger partial charge in [-0.15, -0.1) is 5.75 Å². The van der Waals surface area contributed by atoms with Crippen molar-refractivity contribution < 1.29 is 10.0 Å². The molecule has 0 heterocycles. The second-order valence-electron chi connectivity index (χ2n) is 4.82. The number of halogens is 1. The van der Waals surface area contributed by atoms with E-state index in [4.69, 9.17) is 23.8 Å². The number of non-ortho nitro benzene ring substituents is 1. The van der Waals surface area contributed by atoms with E-state index < -0.39 is 4.92 Å². The van der Waals surface area contributed by atoms with E-state index in [2.05, 4.69) is 10.6 Å². The molecule has 6 nitrogen and oxygen atoms in total. The van der Waals surface area contributed by atoms with E-state index in [1.807, 2.05) is 19.1 Å². The molecule has 2 aromatic carbocycles. The zero-order valence-electron chi connectivity index (χ0n) is 12.1. The van der Waals surface area contributed by atoms with Crippen molar-refractivity contribution >= 4 is 40.3 Å². The molecular weight excluding hydrogens is 338 g/mol. The molecule has 2 N–H and O–H groups in total. The number of aryl methyl sites for hydroxylation is 1. The Hall–Kier alpha value is -2.38. The maximum atomic E-state index is 11.7. The van der Waals surface area contributed by atoms with Gasteiger partial charge in [0.15, 0.2) is 5.11 Å². The number of benzene rings is 2. The third-order valence-electron chi connectivity index (χ3n) is 3.12. The SMILES string of the molecule is Cc1ccc(NC(=S)NCc2cc([N+](=O)[O-])ccc2[O-])cc1Cl. The monoisotopic (exact) mass is 350 g/mol. The molecule has 0 spiro atoms. The Kier molecular flexibility index (Phi) is 5.36. The van der Waals surface area contributed by atoms with Gasteiger partial charge in [0.2, 0.25) is 0 Å². The first-order valence-electron chi connectivity index (χ1n) is 6.62. The van der Waals surface area contributed by atoms with Gasteiger partial charge < -0.3 is 15.7 Å². The molecule has 0 saturated heterocycles. The largest absolute Gasteiger partial charge is 0.872 e. The minimum atomic E-state index is -0.548. The zero-order valence-corrected chi connectivity index (χ0v) is 13.7. The average Bonchev–Trinajstić information content (AvgIpc) is 2.50. The third kappa shape index (κ3) is 4.54. The fraction of sp³-hybridized carbons (Fsp3) is 0.133. The minimum absolute atomic E-state index is 0.0892. The molecule has 0 unspecified atom stereocenters. The van der Waals surface area contributed by atoms with Crippen LogP contribution in [0.15, 0.2) is 36.4 Å². The van der Waals surface area contributed by atoms with Gasteiger partial charge in [0.05, 0.1) is 4.92 Å². The number of nitro benzene ring substituents is 1. The normalized spacial score (nSPS) is 10.2. The van der Waals surface area contributed by atoms with Crippen molar-refractivity contribution in [2.24, 2.45) is 0 Å². The van der Waals surface area contributed by atoms with Gasteiger partial charge in [-0.05, 0) is 42.4 Å². The van der Waals surface area contributed by atoms with Crippen molar-refractivity contribution in [2.45, 2.75) is 13.5 Å². The number of thiocarbonyl (C=S) groups is 1. The van der Waals surface area contributed by atoms with Gasteiger partial charge in [0, 0.05) is 29.4 Å². The molecule has 2 rings (SSSR count). The van der Waals surface area contributed by atoms with Crippen LogP contribution in [-0.4, -0.2) is 10.0 Å². The van der Waals surface area contributed by atoms with Crippen LogP contribution in [-0.2, 0) is 6.54 Å². The molecule has 0 amide bonds. The summed E-state index contributed by atoms with van der Waals surface area (Å²) in [5.41, 5.74) is 1.79. The van der Waals surface area contributed by atoms with Crippen LogP contribution in [0.3, 0.4) is 0 Å². The van der Waals surface area contributed by atoms with Crippen molar-refractivity contribution in [2.75, 3.05) is 5.32 Å². The number of hydrogen-bond acceptors (Lipinski definition) is 4. The van der Waals surface area contributed by atoms with Gasteiger partial charge in [-0.25, -0.2) is 0 Å². The summed E-state index contributed by atoms with van der Waals surface area (Å²) in [6, 6.07) is 8.99. The molecule has 8 heteroatoms. The molecule has 0 aliphatic rings. The first-order valence-corrected chi connectivity index (χ1v) is 7.41. The van der Waals surface area contributed by atoms with E-state index in [0.29, 0.717) is 10.7 Å². The predicted octanol–water partition coefficient (Wildman–Crippen LogP) is 3.12. The van der Waals surface area contributed by atoms with Crippen LogP contribution < -0.4 is 15.7 Å². The van der Waals surface area contributed by atoms with Crippen LogP contribution in [0.1, 0.15) is 11.1 Å². The van der Waals surface area contributed by atoms with E-state index in [9.17, 15) is 15.2 Å². The smallest absolute Gasteiger partial charge is 0.269 e. The Labute approximate surface area is 143 Å². The molecule has 0 fully saturated rings. The highest BCUT2D eigenvalue weighted by Gasteiger charge is 2.07. The number of nitrogens with one attached hydrogen (secondary N) is 2. The molecule has 0 aliphatic carbocycles. The van der Waals surface area contributed by atoms with Gasteiger partial charge in [0.1, 0.15) is 0 Å². The molecule has 0 bridgehead atoms. The fourth-order valence-corrected chi connectivity index (χ4v) is 2.21.